The average Bonchev–Trinajstić information content (AvgIpc) is 3.48. The summed E-state index contributed by atoms with van der Waals surface area (Å²) in [7, 11) is 1.10. The minimum Gasteiger partial charge on any atom is -0.496 e. The molecule has 172 valence electrons. The highest BCUT2D eigenvalue weighted by molar-refractivity contribution is 7.09. The number of benzene rings is 1. The fourth-order valence-corrected chi connectivity index (χ4v) is 3.43. The van der Waals surface area contributed by atoms with Gasteiger partial charge in [-0.25, -0.2) is 9.78 Å². The SMILES string of the molecule is COc1ccc(NC(=O)Cn2nc(-c3cc(-c4csc(C)n4)on3)oc2=O)cc1C(F)(F)F. The van der Waals surface area contributed by atoms with E-state index in [2.05, 4.69) is 20.6 Å². The maximum atomic E-state index is 13.2. The van der Waals surface area contributed by atoms with Crippen LogP contribution in [0.5, 0.6) is 5.75 Å². The Kier molecular flexibility index (Phi) is 5.76. The van der Waals surface area contributed by atoms with E-state index < -0.39 is 35.7 Å². The second-order valence-corrected chi connectivity index (χ2v) is 7.68. The zero-order chi connectivity index (χ0) is 23.8. The molecule has 0 aliphatic rings. The molecule has 0 saturated heterocycles. The van der Waals surface area contributed by atoms with Gasteiger partial charge in [0.15, 0.2) is 11.5 Å². The van der Waals surface area contributed by atoms with Crippen molar-refractivity contribution in [3.63, 3.8) is 0 Å². The zero-order valence-corrected chi connectivity index (χ0v) is 17.8. The number of anilines is 1. The first-order valence-electron chi connectivity index (χ1n) is 9.16. The van der Waals surface area contributed by atoms with Crippen molar-refractivity contribution in [1.29, 1.82) is 0 Å². The molecule has 10 nitrogen and oxygen atoms in total. The van der Waals surface area contributed by atoms with Gasteiger partial charge in [-0.15, -0.1) is 16.4 Å². The summed E-state index contributed by atoms with van der Waals surface area (Å²) in [5.41, 5.74) is -0.530. The first-order valence-corrected chi connectivity index (χ1v) is 10.0. The van der Waals surface area contributed by atoms with E-state index in [4.69, 9.17) is 13.7 Å². The van der Waals surface area contributed by atoms with E-state index in [-0.39, 0.29) is 17.3 Å². The summed E-state index contributed by atoms with van der Waals surface area (Å²) in [5.74, 6) is -2.01. The van der Waals surface area contributed by atoms with Crippen LogP contribution in [0.15, 0.2) is 43.4 Å². The molecule has 0 unspecified atom stereocenters. The van der Waals surface area contributed by atoms with Crippen LogP contribution in [-0.2, 0) is 17.5 Å². The maximum absolute atomic E-state index is 13.2. The number of nitrogens with zero attached hydrogens (tertiary/aromatic N) is 4. The molecule has 0 bridgehead atoms. The van der Waals surface area contributed by atoms with E-state index in [1.54, 1.807) is 5.38 Å². The van der Waals surface area contributed by atoms with Gasteiger partial charge in [0.05, 0.1) is 17.7 Å². The minimum atomic E-state index is -4.68. The van der Waals surface area contributed by atoms with Crippen molar-refractivity contribution in [3.05, 3.63) is 50.8 Å². The molecule has 14 heteroatoms. The van der Waals surface area contributed by atoms with E-state index in [0.29, 0.717) is 16.1 Å². The molecule has 3 heterocycles. The number of methoxy groups -OCH3 is 1. The van der Waals surface area contributed by atoms with Crippen LogP contribution < -0.4 is 15.8 Å². The molecule has 4 aromatic rings. The van der Waals surface area contributed by atoms with E-state index in [1.165, 1.54) is 23.5 Å². The lowest BCUT2D eigenvalue weighted by Gasteiger charge is -2.13. The van der Waals surface area contributed by atoms with Gasteiger partial charge in [0.25, 0.3) is 5.89 Å². The number of hydrogen-bond donors (Lipinski definition) is 1. The molecule has 33 heavy (non-hydrogen) atoms. The van der Waals surface area contributed by atoms with Crippen LogP contribution in [0.25, 0.3) is 23.0 Å². The number of aryl methyl sites for hydroxylation is 1. The molecule has 1 aromatic carbocycles. The minimum absolute atomic E-state index is 0.108. The normalized spacial score (nSPS) is 11.5. The van der Waals surface area contributed by atoms with Crippen molar-refractivity contribution in [2.24, 2.45) is 0 Å². The summed E-state index contributed by atoms with van der Waals surface area (Å²) in [4.78, 5) is 28.6. The number of carbonyl (C=O) groups excluding carboxylic acids is 1. The second-order valence-electron chi connectivity index (χ2n) is 6.62. The number of carbonyl (C=O) groups is 1. The third-order valence-electron chi connectivity index (χ3n) is 4.29. The Morgan fingerprint density at radius 3 is 2.73 bits per heavy atom. The van der Waals surface area contributed by atoms with Gasteiger partial charge in [-0.3, -0.25) is 4.79 Å². The molecule has 4 rings (SSSR count). The molecular formula is C19H14F3N5O5S. The van der Waals surface area contributed by atoms with Crippen LogP contribution in [-0.4, -0.2) is 32.9 Å². The molecular weight excluding hydrogens is 467 g/mol. The third-order valence-corrected chi connectivity index (χ3v) is 5.06. The van der Waals surface area contributed by atoms with Crippen molar-refractivity contribution in [3.8, 4) is 28.8 Å². The number of thiazole rings is 1. The Morgan fingerprint density at radius 1 is 1.27 bits per heavy atom. The summed E-state index contributed by atoms with van der Waals surface area (Å²) in [6, 6.07) is 4.51. The quantitative estimate of drug-likeness (QED) is 0.443. The summed E-state index contributed by atoms with van der Waals surface area (Å²) >= 11 is 1.42. The van der Waals surface area contributed by atoms with Crippen molar-refractivity contribution in [2.75, 3.05) is 12.4 Å². The van der Waals surface area contributed by atoms with Crippen LogP contribution in [0.2, 0.25) is 0 Å². The largest absolute Gasteiger partial charge is 0.496 e. The van der Waals surface area contributed by atoms with Crippen LogP contribution in [0.4, 0.5) is 18.9 Å². The maximum Gasteiger partial charge on any atom is 0.437 e. The van der Waals surface area contributed by atoms with Crippen molar-refractivity contribution >= 4 is 22.9 Å². The molecule has 0 saturated carbocycles. The van der Waals surface area contributed by atoms with Gasteiger partial charge in [-0.1, -0.05) is 5.16 Å². The molecule has 0 radical (unpaired) electrons. The molecule has 1 amide bonds. The Bertz CT molecular complexity index is 1370. The van der Waals surface area contributed by atoms with Crippen molar-refractivity contribution in [1.82, 2.24) is 19.9 Å². The standard InChI is InChI=1S/C19H14F3N5O5S/c1-9-23-13(8-33-9)15-6-12(26-32-15)17-25-27(18(29)31-17)7-16(28)24-10-3-4-14(30-2)11(5-10)19(20,21)22/h3-6,8H,7H2,1-2H3,(H,24,28). The summed E-state index contributed by atoms with van der Waals surface area (Å²) < 4.78 is 55.1. The highest BCUT2D eigenvalue weighted by Crippen LogP contribution is 2.37. The van der Waals surface area contributed by atoms with Crippen molar-refractivity contribution < 1.29 is 31.6 Å². The predicted octanol–water partition coefficient (Wildman–Crippen LogP) is 3.59. The molecule has 0 aliphatic heterocycles. The third kappa shape index (κ3) is 4.79. The predicted molar refractivity (Wildman–Crippen MR) is 109 cm³/mol. The summed E-state index contributed by atoms with van der Waals surface area (Å²) in [5, 5.41) is 12.5. The number of amides is 1. The van der Waals surface area contributed by atoms with Gasteiger partial charge >= 0.3 is 11.9 Å². The number of rotatable bonds is 6. The van der Waals surface area contributed by atoms with E-state index >= 15 is 0 Å². The van der Waals surface area contributed by atoms with E-state index in [1.807, 2.05) is 6.92 Å². The molecule has 3 aromatic heterocycles. The van der Waals surface area contributed by atoms with Crippen LogP contribution in [0.1, 0.15) is 10.6 Å². The number of hydrogen-bond acceptors (Lipinski definition) is 9. The lowest BCUT2D eigenvalue weighted by atomic mass is 10.1. The van der Waals surface area contributed by atoms with Crippen molar-refractivity contribution in [2.45, 2.75) is 19.6 Å². The first-order chi connectivity index (χ1) is 15.6. The summed E-state index contributed by atoms with van der Waals surface area (Å²) in [6.45, 7) is 1.22. The number of halogens is 3. The number of nitrogens with one attached hydrogen (secondary N) is 1. The monoisotopic (exact) mass is 481 g/mol. The number of alkyl halides is 3. The fourth-order valence-electron chi connectivity index (χ4n) is 2.83. The van der Waals surface area contributed by atoms with Gasteiger partial charge in [0.1, 0.15) is 18.0 Å². The Morgan fingerprint density at radius 2 is 2.06 bits per heavy atom. The number of ether oxygens (including phenoxy) is 1. The molecule has 0 aliphatic carbocycles. The topological polar surface area (TPSA) is 125 Å². The Balaban J connectivity index is 1.49. The van der Waals surface area contributed by atoms with Crippen LogP contribution in [0, 0.1) is 6.92 Å². The van der Waals surface area contributed by atoms with Crippen LogP contribution >= 0.6 is 11.3 Å². The van der Waals surface area contributed by atoms with E-state index in [0.717, 1.165) is 24.3 Å². The van der Waals surface area contributed by atoms with Gasteiger partial charge in [0, 0.05) is 17.1 Å². The Labute approximate surface area is 186 Å². The van der Waals surface area contributed by atoms with Gasteiger partial charge in [0.2, 0.25) is 5.91 Å². The van der Waals surface area contributed by atoms with Gasteiger partial charge < -0.3 is 19.0 Å². The van der Waals surface area contributed by atoms with E-state index in [9.17, 15) is 22.8 Å². The first kappa shape index (κ1) is 22.3. The Hall–Kier alpha value is -3.94. The smallest absolute Gasteiger partial charge is 0.437 e. The zero-order valence-electron chi connectivity index (χ0n) is 17.0. The number of aromatic nitrogens is 4. The molecule has 0 fully saturated rings. The molecule has 0 atom stereocenters. The van der Waals surface area contributed by atoms with Gasteiger partial charge in [-0.2, -0.15) is 17.9 Å². The van der Waals surface area contributed by atoms with Crippen LogP contribution in [0.3, 0.4) is 0 Å². The fraction of sp³-hybridized carbons (Fsp3) is 0.211. The summed E-state index contributed by atoms with van der Waals surface area (Å²) in [6.07, 6.45) is -4.68. The highest BCUT2D eigenvalue weighted by Gasteiger charge is 2.34. The molecule has 1 N–H and O–H groups in total. The highest BCUT2D eigenvalue weighted by atomic mass is 32.1. The average molecular weight is 481 g/mol. The lowest BCUT2D eigenvalue weighted by molar-refractivity contribution is -0.138. The second kappa shape index (κ2) is 8.54. The lowest BCUT2D eigenvalue weighted by Crippen LogP contribution is -2.26. The molecule has 0 spiro atoms. The van der Waals surface area contributed by atoms with Gasteiger partial charge in [-0.05, 0) is 25.1 Å².